The lowest BCUT2D eigenvalue weighted by Crippen LogP contribution is -2.58. The van der Waals surface area contributed by atoms with E-state index in [1.54, 1.807) is 11.8 Å². The largest absolute Gasteiger partial charge is 0.493 e. The van der Waals surface area contributed by atoms with Gasteiger partial charge in [-0.15, -0.1) is 0 Å². The van der Waals surface area contributed by atoms with Crippen molar-refractivity contribution in [2.75, 3.05) is 52.4 Å². The molecule has 0 aromatic heterocycles. The van der Waals surface area contributed by atoms with E-state index >= 15 is 0 Å². The van der Waals surface area contributed by atoms with Gasteiger partial charge in [-0.3, -0.25) is 9.69 Å². The molecule has 2 amide bonds. The van der Waals surface area contributed by atoms with Gasteiger partial charge in [0.2, 0.25) is 5.91 Å². The fourth-order valence-electron chi connectivity index (χ4n) is 6.53. The van der Waals surface area contributed by atoms with E-state index in [1.165, 1.54) is 11.6 Å². The third-order valence-corrected chi connectivity index (χ3v) is 9.25. The molecule has 0 saturated carbocycles. The first-order valence-electron chi connectivity index (χ1n) is 15.9. The summed E-state index contributed by atoms with van der Waals surface area (Å²) in [6.07, 6.45) is 0.980. The lowest BCUT2D eigenvalue weighted by molar-refractivity contribution is -0.137. The number of amides is 2. The lowest BCUT2D eigenvalue weighted by Gasteiger charge is -2.40. The summed E-state index contributed by atoms with van der Waals surface area (Å²) in [4.78, 5) is 31.4. The van der Waals surface area contributed by atoms with Crippen LogP contribution >= 0.6 is 11.6 Å². The second kappa shape index (κ2) is 15.7. The summed E-state index contributed by atoms with van der Waals surface area (Å²) in [5.74, 6) is -1.91. The van der Waals surface area contributed by atoms with Crippen LogP contribution in [0.2, 0.25) is 5.02 Å². The van der Waals surface area contributed by atoms with Crippen LogP contribution in [0.4, 0.5) is 13.6 Å². The summed E-state index contributed by atoms with van der Waals surface area (Å²) in [5.41, 5.74) is 3.64. The molecule has 1 atom stereocenters. The van der Waals surface area contributed by atoms with E-state index in [-0.39, 0.29) is 23.9 Å². The number of hydrogen-bond acceptors (Lipinski definition) is 5. The highest BCUT2D eigenvalue weighted by atomic mass is 35.5. The molecule has 3 aromatic carbocycles. The van der Waals surface area contributed by atoms with E-state index in [9.17, 15) is 23.5 Å². The van der Waals surface area contributed by atoms with Gasteiger partial charge in [0.25, 0.3) is 0 Å². The van der Waals surface area contributed by atoms with E-state index < -0.39 is 23.8 Å². The molecule has 46 heavy (non-hydrogen) atoms. The van der Waals surface area contributed by atoms with E-state index in [0.29, 0.717) is 56.4 Å². The van der Waals surface area contributed by atoms with Gasteiger partial charge in [-0.2, -0.15) is 0 Å². The van der Waals surface area contributed by atoms with Crippen LogP contribution < -0.4 is 10.1 Å². The van der Waals surface area contributed by atoms with E-state index in [1.807, 2.05) is 35.2 Å². The molecule has 0 radical (unpaired) electrons. The van der Waals surface area contributed by atoms with Gasteiger partial charge in [0.1, 0.15) is 11.8 Å². The third-order valence-electron chi connectivity index (χ3n) is 9.02. The number of carbonyl (C=O) groups is 2. The van der Waals surface area contributed by atoms with E-state index in [2.05, 4.69) is 28.4 Å². The normalized spacial score (nSPS) is 17.1. The number of ether oxygens (including phenoxy) is 1. The third kappa shape index (κ3) is 8.34. The van der Waals surface area contributed by atoms with Crippen molar-refractivity contribution in [2.24, 2.45) is 5.92 Å². The van der Waals surface area contributed by atoms with Crippen molar-refractivity contribution in [2.45, 2.75) is 38.8 Å². The Morgan fingerprint density at radius 3 is 2.37 bits per heavy atom. The molecule has 2 heterocycles. The Balaban J connectivity index is 1.16. The second-order valence-corrected chi connectivity index (χ2v) is 12.3. The zero-order valence-corrected chi connectivity index (χ0v) is 26.8. The number of piperidine rings is 1. The minimum absolute atomic E-state index is 0.126. The fraction of sp³-hybridized carbons (Fsp3) is 0.429. The van der Waals surface area contributed by atoms with Crippen molar-refractivity contribution in [3.63, 3.8) is 0 Å². The molecular formula is C35H41ClF2N4O4. The zero-order valence-electron chi connectivity index (χ0n) is 26.1. The van der Waals surface area contributed by atoms with Gasteiger partial charge in [-0.25, -0.2) is 13.6 Å². The number of benzene rings is 3. The Labute approximate surface area is 273 Å². The van der Waals surface area contributed by atoms with Crippen molar-refractivity contribution in [1.82, 2.24) is 20.0 Å². The minimum atomic E-state index is -1.22. The minimum Gasteiger partial charge on any atom is -0.493 e. The smallest absolute Gasteiger partial charge is 0.405 e. The average molecular weight is 655 g/mol. The summed E-state index contributed by atoms with van der Waals surface area (Å²) in [7, 11) is 0. The molecule has 1 unspecified atom stereocenters. The molecule has 2 aliphatic rings. The van der Waals surface area contributed by atoms with Gasteiger partial charge in [0, 0.05) is 49.9 Å². The number of piperazine rings is 1. The van der Waals surface area contributed by atoms with Crippen LogP contribution in [0.5, 0.6) is 5.75 Å². The van der Waals surface area contributed by atoms with Gasteiger partial charge in [0.15, 0.2) is 11.6 Å². The highest BCUT2D eigenvalue weighted by Crippen LogP contribution is 2.29. The lowest BCUT2D eigenvalue weighted by atomic mass is 9.88. The number of halogens is 3. The van der Waals surface area contributed by atoms with Crippen molar-refractivity contribution < 1.29 is 28.2 Å². The highest BCUT2D eigenvalue weighted by molar-refractivity contribution is 6.30. The molecule has 3 aromatic rings. The first-order chi connectivity index (χ1) is 22.2. The molecular weight excluding hydrogens is 614 g/mol. The molecule has 8 nitrogen and oxygen atoms in total. The van der Waals surface area contributed by atoms with Crippen molar-refractivity contribution in [3.8, 4) is 16.9 Å². The molecule has 0 aliphatic carbocycles. The molecule has 2 fully saturated rings. The van der Waals surface area contributed by atoms with Crippen LogP contribution in [0.3, 0.4) is 0 Å². The summed E-state index contributed by atoms with van der Waals surface area (Å²) in [6, 6.07) is 17.9. The van der Waals surface area contributed by atoms with Crippen LogP contribution in [0.15, 0.2) is 60.7 Å². The summed E-state index contributed by atoms with van der Waals surface area (Å²) in [5, 5.41) is 12.8. The maximum atomic E-state index is 14.6. The molecule has 0 bridgehead atoms. The number of rotatable bonds is 11. The summed E-state index contributed by atoms with van der Waals surface area (Å²) >= 11 is 6.35. The predicted octanol–water partition coefficient (Wildman–Crippen LogP) is 5.92. The Morgan fingerprint density at radius 2 is 1.70 bits per heavy atom. The van der Waals surface area contributed by atoms with Gasteiger partial charge in [-0.1, -0.05) is 48.0 Å². The number of hydrogen-bond donors (Lipinski definition) is 2. The second-order valence-electron chi connectivity index (χ2n) is 11.9. The Morgan fingerprint density at radius 1 is 0.978 bits per heavy atom. The number of carboxylic acid groups (broad SMARTS) is 1. The van der Waals surface area contributed by atoms with Crippen LogP contribution in [0.1, 0.15) is 30.9 Å². The van der Waals surface area contributed by atoms with E-state index in [4.69, 9.17) is 16.3 Å². The average Bonchev–Trinajstić information content (AvgIpc) is 3.07. The molecule has 2 aliphatic heterocycles. The Hall–Kier alpha value is -3.73. The fourth-order valence-corrected chi connectivity index (χ4v) is 6.73. The van der Waals surface area contributed by atoms with Crippen LogP contribution in [0.25, 0.3) is 11.1 Å². The topological polar surface area (TPSA) is 85.3 Å². The summed E-state index contributed by atoms with van der Waals surface area (Å²) in [6.45, 7) is 6.21. The zero-order chi connectivity index (χ0) is 32.6. The first-order valence-corrected chi connectivity index (χ1v) is 16.3. The first kappa shape index (κ1) is 33.6. The molecule has 2 saturated heterocycles. The standard InChI is InChI=1S/C35H41ClF2N4O4/c1-2-46-31-11-10-30(37)32(38)29(31)23-41-18-20-42(21-19-41)34(43)33(39-35(44)45)25-12-15-40(16-13-25)17-14-26-22-27(36)8-9-28(26)24-6-4-3-5-7-24/h3-11,22,25,33,39H,2,12-21,23H2,1H3,(H,44,45). The molecule has 11 heteroatoms. The maximum Gasteiger partial charge on any atom is 0.405 e. The van der Waals surface area contributed by atoms with Crippen molar-refractivity contribution >= 4 is 23.6 Å². The van der Waals surface area contributed by atoms with Crippen molar-refractivity contribution in [3.05, 3.63) is 88.4 Å². The van der Waals surface area contributed by atoms with Crippen LogP contribution in [-0.4, -0.2) is 90.3 Å². The molecule has 0 spiro atoms. The monoisotopic (exact) mass is 654 g/mol. The van der Waals surface area contributed by atoms with Gasteiger partial charge < -0.3 is 25.0 Å². The maximum absolute atomic E-state index is 14.6. The van der Waals surface area contributed by atoms with Gasteiger partial charge in [0.05, 0.1) is 6.61 Å². The number of nitrogens with one attached hydrogen (secondary N) is 1. The molecule has 5 rings (SSSR count). The van der Waals surface area contributed by atoms with Gasteiger partial charge >= 0.3 is 6.09 Å². The van der Waals surface area contributed by atoms with Crippen LogP contribution in [-0.2, 0) is 17.8 Å². The quantitative estimate of drug-likeness (QED) is 0.267. The van der Waals surface area contributed by atoms with Crippen LogP contribution in [0, 0.1) is 17.6 Å². The van der Waals surface area contributed by atoms with Crippen molar-refractivity contribution in [1.29, 1.82) is 0 Å². The van der Waals surface area contributed by atoms with E-state index in [0.717, 1.165) is 43.2 Å². The number of nitrogens with zero attached hydrogens (tertiary/aromatic N) is 3. The number of likely N-dealkylation sites (tertiary alicyclic amines) is 1. The van der Waals surface area contributed by atoms with Gasteiger partial charge in [-0.05, 0) is 86.1 Å². The molecule has 246 valence electrons. The predicted molar refractivity (Wildman–Crippen MR) is 174 cm³/mol. The SMILES string of the molecule is CCOc1ccc(F)c(F)c1CN1CCN(C(=O)C(NC(=O)O)C2CCN(CCc3cc(Cl)ccc3-c3ccccc3)CC2)CC1. The Kier molecular flexibility index (Phi) is 11.5. The summed E-state index contributed by atoms with van der Waals surface area (Å²) < 4.78 is 34.1. The Bertz CT molecular complexity index is 1500. The number of carbonyl (C=O) groups excluding carboxylic acids is 1. The highest BCUT2D eigenvalue weighted by Gasteiger charge is 2.36. The molecule has 2 N–H and O–H groups in total.